The average Bonchev–Trinajstić information content (AvgIpc) is 3.35. The fraction of sp³-hybridized carbons (Fsp3) is 0.227. The third-order valence-corrected chi connectivity index (χ3v) is 5.93. The Morgan fingerprint density at radius 2 is 1.93 bits per heavy atom. The molecule has 5 heterocycles. The second-order valence-corrected chi connectivity index (χ2v) is 7.36. The summed E-state index contributed by atoms with van der Waals surface area (Å²) in [6.45, 7) is 6.79. The van der Waals surface area contributed by atoms with Crippen molar-refractivity contribution in [3.05, 3.63) is 51.8 Å². The molecular weight excluding hydrogens is 386 g/mol. The van der Waals surface area contributed by atoms with Gasteiger partial charge in [-0.15, -0.1) is 0 Å². The molecule has 0 fully saturated rings. The van der Waals surface area contributed by atoms with Crippen LogP contribution >= 0.6 is 0 Å². The van der Waals surface area contributed by atoms with Crippen LogP contribution in [0.25, 0.3) is 28.4 Å². The second-order valence-electron chi connectivity index (χ2n) is 7.36. The standard InChI is InChI=1S/C22H17N3O5/c1-3-11-12-5-18-19(30-10-29-18)6-15(12)23-20-13(11)8-25-17(20)7-16-14(21(25)26)9-28-22(27)24(16)4-2/h3,5-7H,1,4,8-10H2,2H3. The third-order valence-electron chi connectivity index (χ3n) is 5.93. The van der Waals surface area contributed by atoms with E-state index in [1.54, 1.807) is 10.6 Å². The molecule has 0 N–H and O–H groups in total. The molecule has 0 saturated heterocycles. The molecule has 1 amide bonds. The monoisotopic (exact) mass is 403 g/mol. The van der Waals surface area contributed by atoms with Crippen molar-refractivity contribution in [2.75, 3.05) is 18.2 Å². The Hall–Kier alpha value is -3.81. The lowest BCUT2D eigenvalue weighted by Gasteiger charge is -2.28. The maximum Gasteiger partial charge on any atom is 0.414 e. The maximum absolute atomic E-state index is 13.3. The Kier molecular flexibility index (Phi) is 3.33. The van der Waals surface area contributed by atoms with E-state index in [0.717, 1.165) is 22.0 Å². The van der Waals surface area contributed by atoms with Gasteiger partial charge in [0.25, 0.3) is 5.56 Å². The molecule has 0 unspecified atom stereocenters. The number of aromatic nitrogens is 2. The van der Waals surface area contributed by atoms with Crippen molar-refractivity contribution in [1.82, 2.24) is 9.55 Å². The molecule has 3 aromatic rings. The number of ether oxygens (including phenoxy) is 3. The lowest BCUT2D eigenvalue weighted by molar-refractivity contribution is 0.141. The third kappa shape index (κ3) is 2.07. The number of hydrogen-bond acceptors (Lipinski definition) is 6. The van der Waals surface area contributed by atoms with Gasteiger partial charge in [0.05, 0.1) is 34.7 Å². The number of cyclic esters (lactones) is 1. The second kappa shape index (κ2) is 5.85. The van der Waals surface area contributed by atoms with Crippen LogP contribution in [0, 0.1) is 0 Å². The summed E-state index contributed by atoms with van der Waals surface area (Å²) < 4.78 is 17.9. The highest BCUT2D eigenvalue weighted by molar-refractivity contribution is 5.96. The van der Waals surface area contributed by atoms with Gasteiger partial charge in [-0.05, 0) is 24.6 Å². The van der Waals surface area contributed by atoms with Crippen molar-refractivity contribution in [2.24, 2.45) is 0 Å². The van der Waals surface area contributed by atoms with Gasteiger partial charge in [-0.3, -0.25) is 9.69 Å². The van der Waals surface area contributed by atoms with E-state index < -0.39 is 6.09 Å². The molecule has 0 aliphatic carbocycles. The largest absolute Gasteiger partial charge is 0.454 e. The molecule has 8 nitrogen and oxygen atoms in total. The summed E-state index contributed by atoms with van der Waals surface area (Å²) in [5, 5.41) is 0.896. The molecule has 1 aromatic carbocycles. The Bertz CT molecular complexity index is 1360. The Morgan fingerprint density at radius 1 is 1.13 bits per heavy atom. The Labute approximate surface area is 170 Å². The van der Waals surface area contributed by atoms with Gasteiger partial charge in [-0.1, -0.05) is 12.7 Å². The van der Waals surface area contributed by atoms with Crippen molar-refractivity contribution in [3.8, 4) is 22.9 Å². The van der Waals surface area contributed by atoms with Crippen LogP contribution in [0.2, 0.25) is 0 Å². The van der Waals surface area contributed by atoms with Gasteiger partial charge in [-0.25, -0.2) is 9.78 Å². The summed E-state index contributed by atoms with van der Waals surface area (Å²) in [5.74, 6) is 1.32. The van der Waals surface area contributed by atoms with Gasteiger partial charge in [0, 0.05) is 23.6 Å². The van der Waals surface area contributed by atoms with Crippen LogP contribution in [0.5, 0.6) is 11.5 Å². The molecule has 2 aromatic heterocycles. The molecule has 0 saturated carbocycles. The Morgan fingerprint density at radius 3 is 2.70 bits per heavy atom. The average molecular weight is 403 g/mol. The highest BCUT2D eigenvalue weighted by Crippen LogP contribution is 2.42. The van der Waals surface area contributed by atoms with E-state index in [-0.39, 0.29) is 19.0 Å². The molecule has 3 aliphatic heterocycles. The number of nitrogens with zero attached hydrogens (tertiary/aromatic N) is 3. The molecule has 0 radical (unpaired) electrons. The number of anilines is 1. The molecule has 6 rings (SSSR count). The van der Waals surface area contributed by atoms with Gasteiger partial charge in [0.1, 0.15) is 6.61 Å². The van der Waals surface area contributed by atoms with Crippen LogP contribution in [0.15, 0.2) is 29.6 Å². The normalized spacial score (nSPS) is 15.6. The number of rotatable bonds is 2. The highest BCUT2D eigenvalue weighted by atomic mass is 16.7. The van der Waals surface area contributed by atoms with E-state index in [2.05, 4.69) is 6.58 Å². The minimum atomic E-state index is -0.446. The van der Waals surface area contributed by atoms with Crippen LogP contribution in [0.1, 0.15) is 23.6 Å². The van der Waals surface area contributed by atoms with Crippen LogP contribution in [0.3, 0.4) is 0 Å². The van der Waals surface area contributed by atoms with Crippen LogP contribution in [0.4, 0.5) is 10.5 Å². The molecule has 0 atom stereocenters. The first kappa shape index (κ1) is 17.1. The van der Waals surface area contributed by atoms with Crippen LogP contribution in [-0.4, -0.2) is 29.0 Å². The molecule has 8 heteroatoms. The van der Waals surface area contributed by atoms with Gasteiger partial charge in [0.2, 0.25) is 6.79 Å². The number of amides is 1. The molecule has 0 spiro atoms. The van der Waals surface area contributed by atoms with Gasteiger partial charge in [0.15, 0.2) is 11.5 Å². The van der Waals surface area contributed by atoms with Crippen LogP contribution in [-0.2, 0) is 17.9 Å². The van der Waals surface area contributed by atoms with Gasteiger partial charge in [-0.2, -0.15) is 0 Å². The summed E-state index contributed by atoms with van der Waals surface area (Å²) in [6.07, 6.45) is 1.34. The number of pyridine rings is 2. The smallest absolute Gasteiger partial charge is 0.414 e. The number of carbonyl (C=O) groups excluding carboxylic acids is 1. The van der Waals surface area contributed by atoms with E-state index in [4.69, 9.17) is 19.2 Å². The van der Waals surface area contributed by atoms with E-state index in [1.165, 1.54) is 4.90 Å². The number of carbonyl (C=O) groups is 1. The first-order chi connectivity index (χ1) is 14.6. The summed E-state index contributed by atoms with van der Waals surface area (Å²) in [4.78, 5) is 31.8. The summed E-state index contributed by atoms with van der Waals surface area (Å²) >= 11 is 0. The Balaban J connectivity index is 1.64. The number of hydrogen-bond donors (Lipinski definition) is 0. The van der Waals surface area contributed by atoms with E-state index in [9.17, 15) is 9.59 Å². The lowest BCUT2D eigenvalue weighted by atomic mass is 10.00. The maximum atomic E-state index is 13.3. The minimum absolute atomic E-state index is 0.0226. The van der Waals surface area contributed by atoms with Gasteiger partial charge < -0.3 is 18.8 Å². The van der Waals surface area contributed by atoms with E-state index in [0.29, 0.717) is 47.2 Å². The number of benzene rings is 1. The van der Waals surface area contributed by atoms with E-state index >= 15 is 0 Å². The molecule has 3 aliphatic rings. The summed E-state index contributed by atoms with van der Waals surface area (Å²) in [7, 11) is 0. The fourth-order valence-corrected chi connectivity index (χ4v) is 4.50. The molecular formula is C22H17N3O5. The topological polar surface area (TPSA) is 82.9 Å². The van der Waals surface area contributed by atoms with Crippen LogP contribution < -0.4 is 19.9 Å². The zero-order chi connectivity index (χ0) is 20.6. The fourth-order valence-electron chi connectivity index (χ4n) is 4.50. The molecule has 150 valence electrons. The predicted molar refractivity (Wildman–Crippen MR) is 110 cm³/mol. The minimum Gasteiger partial charge on any atom is -0.454 e. The van der Waals surface area contributed by atoms with Gasteiger partial charge >= 0.3 is 6.09 Å². The first-order valence-electron chi connectivity index (χ1n) is 9.70. The highest BCUT2D eigenvalue weighted by Gasteiger charge is 2.33. The van der Waals surface area contributed by atoms with E-state index in [1.807, 2.05) is 25.1 Å². The summed E-state index contributed by atoms with van der Waals surface area (Å²) in [5.41, 5.74) is 4.87. The molecule has 30 heavy (non-hydrogen) atoms. The zero-order valence-corrected chi connectivity index (χ0v) is 16.2. The van der Waals surface area contributed by atoms with Crippen molar-refractivity contribution < 1.29 is 19.0 Å². The van der Waals surface area contributed by atoms with Crippen molar-refractivity contribution in [2.45, 2.75) is 20.1 Å². The lowest BCUT2D eigenvalue weighted by Crippen LogP contribution is -2.39. The zero-order valence-electron chi connectivity index (χ0n) is 16.2. The van der Waals surface area contributed by atoms with Crippen molar-refractivity contribution in [1.29, 1.82) is 0 Å². The number of fused-ring (bicyclic) bond motifs is 6. The first-order valence-corrected chi connectivity index (χ1v) is 9.70. The van der Waals surface area contributed by atoms with Crippen molar-refractivity contribution in [3.63, 3.8) is 0 Å². The molecule has 0 bridgehead atoms. The SMILES string of the molecule is C=Cc1c2c(nc3cc4c(cc13)OCO4)-c1cc3c(c(=O)n1C2)COC(=O)N3CC. The quantitative estimate of drug-likeness (QED) is 0.511. The van der Waals surface area contributed by atoms with Crippen molar-refractivity contribution >= 4 is 28.8 Å². The summed E-state index contributed by atoms with van der Waals surface area (Å²) in [6, 6.07) is 5.62. The predicted octanol–water partition coefficient (Wildman–Crippen LogP) is 3.27.